The Morgan fingerprint density at radius 1 is 1.14 bits per heavy atom. The number of rotatable bonds is 8. The molecule has 0 amide bonds. The molecule has 0 unspecified atom stereocenters. The lowest BCUT2D eigenvalue weighted by atomic mass is 9.44. The molecule has 0 heterocycles. The van der Waals surface area contributed by atoms with Crippen LogP contribution in [-0.2, 0) is 11.2 Å². The topological polar surface area (TPSA) is 69.9 Å². The smallest absolute Gasteiger partial charge is 0.118 e. The lowest BCUT2D eigenvalue weighted by molar-refractivity contribution is -0.134. The van der Waals surface area contributed by atoms with Crippen molar-refractivity contribution in [2.24, 2.45) is 28.1 Å². The summed E-state index contributed by atoms with van der Waals surface area (Å²) in [6, 6.07) is 10.3. The van der Waals surface area contributed by atoms with Crippen molar-refractivity contribution in [3.8, 4) is 12.3 Å². The van der Waals surface area contributed by atoms with Crippen LogP contribution in [-0.4, -0.2) is 46.8 Å². The second-order valence-corrected chi connectivity index (χ2v) is 12.3. The number of ether oxygens (including phenoxy) is 1. The number of fused-ring (bicyclic) bond motifs is 3. The predicted octanol–water partition coefficient (Wildman–Crippen LogP) is 4.91. The maximum Gasteiger partial charge on any atom is 0.118 e. The fraction of sp³-hybridized carbons (Fsp3) is 0.677. The van der Waals surface area contributed by atoms with E-state index in [-0.39, 0.29) is 41.7 Å². The Morgan fingerprint density at radius 2 is 1.89 bits per heavy atom. The molecule has 2 saturated carbocycles. The lowest BCUT2D eigenvalue weighted by Crippen LogP contribution is -2.56. The van der Waals surface area contributed by atoms with Gasteiger partial charge >= 0.3 is 0 Å². The highest BCUT2D eigenvalue weighted by Gasteiger charge is 2.58. The number of terminal acetylenes is 1. The highest BCUT2D eigenvalue weighted by Crippen LogP contribution is 2.63. The molecule has 3 N–H and O–H groups in total. The zero-order chi connectivity index (χ0) is 25.3. The first-order chi connectivity index (χ1) is 16.6. The van der Waals surface area contributed by atoms with Crippen molar-refractivity contribution in [1.82, 2.24) is 0 Å². The minimum absolute atomic E-state index is 0.0198. The van der Waals surface area contributed by atoms with Crippen molar-refractivity contribution < 1.29 is 20.1 Å². The first kappa shape index (κ1) is 26.4. The molecule has 0 radical (unpaired) electrons. The SMILES string of the molecule is C#C[C@H](CCc1ccccc1)OC[C@H](O)[C@]1(C)C=C2CC[C@@H]3[C@](C)(CO)C[C@@H](O)C[C@@]3(C)[C@@H]2CC1. The van der Waals surface area contributed by atoms with Crippen molar-refractivity contribution in [3.63, 3.8) is 0 Å². The van der Waals surface area contributed by atoms with Gasteiger partial charge in [-0.05, 0) is 79.6 Å². The molecule has 4 heteroatoms. The van der Waals surface area contributed by atoms with Crippen LogP contribution in [0.2, 0.25) is 0 Å². The summed E-state index contributed by atoms with van der Waals surface area (Å²) < 4.78 is 6.01. The van der Waals surface area contributed by atoms with E-state index in [9.17, 15) is 15.3 Å². The fourth-order valence-electron chi connectivity index (χ4n) is 7.80. The maximum absolute atomic E-state index is 11.2. The number of benzene rings is 1. The summed E-state index contributed by atoms with van der Waals surface area (Å²) >= 11 is 0. The molecule has 8 atom stereocenters. The maximum atomic E-state index is 11.2. The quantitative estimate of drug-likeness (QED) is 0.365. The van der Waals surface area contributed by atoms with E-state index in [1.165, 1.54) is 11.1 Å². The minimum atomic E-state index is -0.617. The molecule has 4 nitrogen and oxygen atoms in total. The summed E-state index contributed by atoms with van der Waals surface area (Å²) in [4.78, 5) is 0. The third kappa shape index (κ3) is 5.25. The molecule has 3 aliphatic rings. The van der Waals surface area contributed by atoms with Crippen molar-refractivity contribution in [1.29, 1.82) is 0 Å². The van der Waals surface area contributed by atoms with E-state index in [1.807, 2.05) is 18.2 Å². The Labute approximate surface area is 211 Å². The molecule has 4 rings (SSSR count). The summed E-state index contributed by atoms with van der Waals surface area (Å²) in [5.74, 6) is 3.55. The average Bonchev–Trinajstić information content (AvgIpc) is 2.83. The highest BCUT2D eigenvalue weighted by atomic mass is 16.5. The van der Waals surface area contributed by atoms with Gasteiger partial charge in [0.1, 0.15) is 6.10 Å². The average molecular weight is 481 g/mol. The van der Waals surface area contributed by atoms with Gasteiger partial charge in [-0.25, -0.2) is 0 Å². The van der Waals surface area contributed by atoms with Gasteiger partial charge in [0.05, 0.1) is 18.8 Å². The monoisotopic (exact) mass is 480 g/mol. The van der Waals surface area contributed by atoms with Crippen LogP contribution in [0.3, 0.4) is 0 Å². The number of aryl methyl sites for hydroxylation is 1. The van der Waals surface area contributed by atoms with Gasteiger partial charge in [-0.1, -0.05) is 68.7 Å². The molecular weight excluding hydrogens is 436 g/mol. The third-order valence-corrected chi connectivity index (χ3v) is 9.77. The number of allylic oxidation sites excluding steroid dienone is 1. The van der Waals surface area contributed by atoms with Gasteiger partial charge in [0.15, 0.2) is 0 Å². The van der Waals surface area contributed by atoms with Crippen LogP contribution in [0.15, 0.2) is 42.0 Å². The van der Waals surface area contributed by atoms with Gasteiger partial charge < -0.3 is 20.1 Å². The summed E-state index contributed by atoms with van der Waals surface area (Å²) in [6.45, 7) is 6.99. The van der Waals surface area contributed by atoms with E-state index in [0.717, 1.165) is 44.9 Å². The molecule has 0 aromatic heterocycles. The summed E-state index contributed by atoms with van der Waals surface area (Å²) in [7, 11) is 0. The summed E-state index contributed by atoms with van der Waals surface area (Å²) in [6.07, 6.45) is 13.7. The molecule has 192 valence electrons. The Morgan fingerprint density at radius 3 is 2.57 bits per heavy atom. The molecule has 1 aromatic rings. The third-order valence-electron chi connectivity index (χ3n) is 9.77. The van der Waals surface area contributed by atoms with Crippen molar-refractivity contribution in [3.05, 3.63) is 47.5 Å². The number of hydrogen-bond donors (Lipinski definition) is 3. The molecular formula is C31H44O4. The number of aliphatic hydroxyl groups is 3. The van der Waals surface area contributed by atoms with Gasteiger partial charge in [-0.15, -0.1) is 6.42 Å². The van der Waals surface area contributed by atoms with E-state index in [1.54, 1.807) is 0 Å². The van der Waals surface area contributed by atoms with E-state index < -0.39 is 6.10 Å². The first-order valence-electron chi connectivity index (χ1n) is 13.4. The van der Waals surface area contributed by atoms with Gasteiger partial charge in [-0.2, -0.15) is 0 Å². The fourth-order valence-corrected chi connectivity index (χ4v) is 7.80. The molecule has 0 spiro atoms. The highest BCUT2D eigenvalue weighted by molar-refractivity contribution is 5.25. The normalized spacial score (nSPS) is 38.4. The van der Waals surface area contributed by atoms with E-state index in [2.05, 4.69) is 44.9 Å². The van der Waals surface area contributed by atoms with E-state index in [4.69, 9.17) is 11.2 Å². The zero-order valence-corrected chi connectivity index (χ0v) is 21.7. The van der Waals surface area contributed by atoms with Crippen LogP contribution >= 0.6 is 0 Å². The van der Waals surface area contributed by atoms with Crippen LogP contribution in [0.25, 0.3) is 0 Å². The molecule has 0 aliphatic heterocycles. The molecule has 0 bridgehead atoms. The number of aliphatic hydroxyl groups excluding tert-OH is 3. The van der Waals surface area contributed by atoms with Gasteiger partial charge in [0, 0.05) is 12.0 Å². The van der Waals surface area contributed by atoms with Crippen molar-refractivity contribution in [2.45, 2.75) is 90.4 Å². The van der Waals surface area contributed by atoms with Crippen molar-refractivity contribution >= 4 is 0 Å². The van der Waals surface area contributed by atoms with Gasteiger partial charge in [0.2, 0.25) is 0 Å². The van der Waals surface area contributed by atoms with Crippen molar-refractivity contribution in [2.75, 3.05) is 13.2 Å². The van der Waals surface area contributed by atoms with Crippen LogP contribution in [0.5, 0.6) is 0 Å². The van der Waals surface area contributed by atoms with Crippen LogP contribution < -0.4 is 0 Å². The molecule has 3 aliphatic carbocycles. The Hall–Kier alpha value is -1.64. The standard InChI is InChI=1S/C31H44O4/c1-5-25(13-11-22-9-7-6-8-10-22)35-20-28(34)29(2)16-15-26-23(17-29)12-14-27-30(3,21-32)18-24(33)19-31(26,27)4/h1,6-10,17,24-28,32-34H,11-16,18-21H2,2-4H3/t24-,25-,26-,27-,28+,29+,30+,31+/m1/s1. The lowest BCUT2D eigenvalue weighted by Gasteiger charge is -2.61. The summed E-state index contributed by atoms with van der Waals surface area (Å²) in [5, 5.41) is 32.1. The Bertz CT molecular complexity index is 935. The van der Waals surface area contributed by atoms with Crippen LogP contribution in [0, 0.1) is 40.4 Å². The molecule has 2 fully saturated rings. The first-order valence-corrected chi connectivity index (χ1v) is 13.4. The Kier molecular flexibility index (Phi) is 7.84. The minimum Gasteiger partial charge on any atom is -0.396 e. The molecule has 35 heavy (non-hydrogen) atoms. The molecule has 0 saturated heterocycles. The van der Waals surface area contributed by atoms with Crippen LogP contribution in [0.4, 0.5) is 0 Å². The second kappa shape index (κ2) is 10.4. The van der Waals surface area contributed by atoms with Gasteiger partial charge in [-0.3, -0.25) is 0 Å². The second-order valence-electron chi connectivity index (χ2n) is 12.3. The summed E-state index contributed by atoms with van der Waals surface area (Å²) in [5.41, 5.74) is 2.07. The van der Waals surface area contributed by atoms with Crippen LogP contribution in [0.1, 0.15) is 71.3 Å². The number of hydrogen-bond acceptors (Lipinski definition) is 4. The van der Waals surface area contributed by atoms with E-state index in [0.29, 0.717) is 18.3 Å². The molecule has 1 aromatic carbocycles. The predicted molar refractivity (Wildman–Crippen MR) is 140 cm³/mol. The largest absolute Gasteiger partial charge is 0.396 e. The van der Waals surface area contributed by atoms with Gasteiger partial charge in [0.25, 0.3) is 0 Å². The van der Waals surface area contributed by atoms with E-state index >= 15 is 0 Å². The zero-order valence-electron chi connectivity index (χ0n) is 21.7. The Balaban J connectivity index is 1.41.